The molecular formula is C15H21BrFNO. The molecule has 19 heavy (non-hydrogen) atoms. The third kappa shape index (κ3) is 3.18. The minimum atomic E-state index is -0.830. The summed E-state index contributed by atoms with van der Waals surface area (Å²) in [7, 11) is 0. The molecule has 1 saturated heterocycles. The van der Waals surface area contributed by atoms with Gasteiger partial charge in [-0.3, -0.25) is 4.90 Å². The van der Waals surface area contributed by atoms with Crippen LogP contribution in [0.25, 0.3) is 0 Å². The Morgan fingerprint density at radius 3 is 2.53 bits per heavy atom. The highest BCUT2D eigenvalue weighted by atomic mass is 79.9. The van der Waals surface area contributed by atoms with E-state index in [0.29, 0.717) is 5.56 Å². The topological polar surface area (TPSA) is 23.5 Å². The van der Waals surface area contributed by atoms with Gasteiger partial charge in [-0.25, -0.2) is 4.39 Å². The van der Waals surface area contributed by atoms with Crippen molar-refractivity contribution >= 4 is 15.9 Å². The molecule has 1 aliphatic heterocycles. The number of piperidine rings is 1. The number of benzene rings is 1. The summed E-state index contributed by atoms with van der Waals surface area (Å²) in [6.07, 6.45) is 2.71. The van der Waals surface area contributed by atoms with Crippen LogP contribution >= 0.6 is 15.9 Å². The Morgan fingerprint density at radius 2 is 1.89 bits per heavy atom. The minimum Gasteiger partial charge on any atom is -0.386 e. The quantitative estimate of drug-likeness (QED) is 0.909. The third-order valence-electron chi connectivity index (χ3n) is 4.09. The Morgan fingerprint density at radius 1 is 1.26 bits per heavy atom. The zero-order valence-electron chi connectivity index (χ0n) is 11.5. The summed E-state index contributed by atoms with van der Waals surface area (Å²) in [5, 5.41) is 10.6. The van der Waals surface area contributed by atoms with Crippen LogP contribution in [0.4, 0.5) is 4.39 Å². The van der Waals surface area contributed by atoms with E-state index in [4.69, 9.17) is 0 Å². The van der Waals surface area contributed by atoms with Gasteiger partial charge in [0.1, 0.15) is 5.82 Å². The Hall–Kier alpha value is -0.450. The van der Waals surface area contributed by atoms with Gasteiger partial charge in [0.05, 0.1) is 6.10 Å². The first kappa shape index (κ1) is 14.9. The maximum Gasteiger partial charge on any atom is 0.129 e. The highest BCUT2D eigenvalue weighted by Gasteiger charge is 2.37. The molecule has 0 saturated carbocycles. The summed E-state index contributed by atoms with van der Waals surface area (Å²) in [5.41, 5.74) is -0.0906. The van der Waals surface area contributed by atoms with Gasteiger partial charge in [0.2, 0.25) is 0 Å². The number of likely N-dealkylation sites (tertiary alicyclic amines) is 1. The summed E-state index contributed by atoms with van der Waals surface area (Å²) in [4.78, 5) is 2.27. The molecule has 4 heteroatoms. The first-order chi connectivity index (χ1) is 8.93. The molecule has 1 fully saturated rings. The predicted octanol–water partition coefficient (Wildman–Crippen LogP) is 3.89. The van der Waals surface area contributed by atoms with E-state index >= 15 is 0 Å². The van der Waals surface area contributed by atoms with E-state index in [-0.39, 0.29) is 5.82 Å². The fourth-order valence-electron chi connectivity index (χ4n) is 2.75. The lowest BCUT2D eigenvalue weighted by Gasteiger charge is -2.44. The van der Waals surface area contributed by atoms with E-state index in [1.54, 1.807) is 12.1 Å². The van der Waals surface area contributed by atoms with Gasteiger partial charge in [-0.1, -0.05) is 22.4 Å². The third-order valence-corrected chi connectivity index (χ3v) is 4.59. The van der Waals surface area contributed by atoms with Crippen molar-refractivity contribution < 1.29 is 9.50 Å². The van der Waals surface area contributed by atoms with Gasteiger partial charge in [0.15, 0.2) is 0 Å². The Balaban J connectivity index is 2.25. The molecule has 0 bridgehead atoms. The molecule has 0 aliphatic carbocycles. The molecule has 1 aromatic rings. The highest BCUT2D eigenvalue weighted by Crippen LogP contribution is 2.35. The number of rotatable bonds is 3. The van der Waals surface area contributed by atoms with Crippen LogP contribution in [0.2, 0.25) is 0 Å². The van der Waals surface area contributed by atoms with Crippen molar-refractivity contribution in [3.05, 3.63) is 34.1 Å². The molecule has 1 heterocycles. The van der Waals surface area contributed by atoms with E-state index in [9.17, 15) is 9.50 Å². The van der Waals surface area contributed by atoms with E-state index in [1.807, 2.05) is 13.8 Å². The zero-order valence-corrected chi connectivity index (χ0v) is 13.1. The van der Waals surface area contributed by atoms with Crippen molar-refractivity contribution in [1.82, 2.24) is 4.90 Å². The van der Waals surface area contributed by atoms with Crippen molar-refractivity contribution in [3.8, 4) is 0 Å². The van der Waals surface area contributed by atoms with Crippen LogP contribution in [0, 0.1) is 5.82 Å². The molecular weight excluding hydrogens is 309 g/mol. The van der Waals surface area contributed by atoms with E-state index in [1.165, 1.54) is 12.5 Å². The molecule has 1 N–H and O–H groups in total. The number of halogens is 2. The van der Waals surface area contributed by atoms with Gasteiger partial charge >= 0.3 is 0 Å². The standard InChI is InChI=1S/C15H21BrFNO/c1-15(2,18-8-4-3-5-9-18)14(19)12-10-11(16)6-7-13(12)17/h6-7,10,14,19H,3-5,8-9H2,1-2H3. The predicted molar refractivity (Wildman–Crippen MR) is 78.6 cm³/mol. The smallest absolute Gasteiger partial charge is 0.129 e. The zero-order chi connectivity index (χ0) is 14.0. The number of aliphatic hydroxyl groups excluding tert-OH is 1. The SMILES string of the molecule is CC(C)(C(O)c1cc(Br)ccc1F)N1CCCCC1. The van der Waals surface area contributed by atoms with Crippen LogP contribution < -0.4 is 0 Å². The second kappa shape index (κ2) is 5.90. The molecule has 0 radical (unpaired) electrons. The average molecular weight is 330 g/mol. The van der Waals surface area contributed by atoms with E-state index < -0.39 is 11.6 Å². The fourth-order valence-corrected chi connectivity index (χ4v) is 3.13. The Labute approximate surface area is 122 Å². The lowest BCUT2D eigenvalue weighted by molar-refractivity contribution is -0.0225. The Bertz CT molecular complexity index is 444. The number of nitrogens with zero attached hydrogens (tertiary/aromatic N) is 1. The van der Waals surface area contributed by atoms with Gasteiger partial charge in [-0.15, -0.1) is 0 Å². The van der Waals surface area contributed by atoms with Gasteiger partial charge in [-0.05, 0) is 58.0 Å². The normalized spacial score (nSPS) is 19.4. The molecule has 0 spiro atoms. The molecule has 2 nitrogen and oxygen atoms in total. The monoisotopic (exact) mass is 329 g/mol. The average Bonchev–Trinajstić information content (AvgIpc) is 2.41. The summed E-state index contributed by atoms with van der Waals surface area (Å²) >= 11 is 3.34. The second-order valence-corrected chi connectivity index (χ2v) is 6.69. The van der Waals surface area contributed by atoms with Crippen molar-refractivity contribution in [1.29, 1.82) is 0 Å². The van der Waals surface area contributed by atoms with Crippen LogP contribution in [-0.4, -0.2) is 28.6 Å². The van der Waals surface area contributed by atoms with Crippen LogP contribution in [0.15, 0.2) is 22.7 Å². The molecule has 0 aromatic heterocycles. The van der Waals surface area contributed by atoms with Gasteiger partial charge in [-0.2, -0.15) is 0 Å². The molecule has 1 aromatic carbocycles. The van der Waals surface area contributed by atoms with Gasteiger partial charge < -0.3 is 5.11 Å². The molecule has 1 aliphatic rings. The van der Waals surface area contributed by atoms with Crippen LogP contribution in [-0.2, 0) is 0 Å². The van der Waals surface area contributed by atoms with Crippen LogP contribution in [0.3, 0.4) is 0 Å². The number of hydrogen-bond acceptors (Lipinski definition) is 2. The summed E-state index contributed by atoms with van der Waals surface area (Å²) in [5.74, 6) is -0.346. The largest absolute Gasteiger partial charge is 0.386 e. The maximum atomic E-state index is 13.9. The first-order valence-electron chi connectivity index (χ1n) is 6.81. The maximum absolute atomic E-state index is 13.9. The lowest BCUT2D eigenvalue weighted by atomic mass is 9.87. The van der Waals surface area contributed by atoms with E-state index in [0.717, 1.165) is 30.4 Å². The second-order valence-electron chi connectivity index (χ2n) is 5.77. The van der Waals surface area contributed by atoms with Crippen molar-refractivity contribution in [2.75, 3.05) is 13.1 Å². The number of hydrogen-bond donors (Lipinski definition) is 1. The van der Waals surface area contributed by atoms with Crippen LogP contribution in [0.5, 0.6) is 0 Å². The van der Waals surface area contributed by atoms with Crippen molar-refractivity contribution in [2.24, 2.45) is 0 Å². The first-order valence-corrected chi connectivity index (χ1v) is 7.60. The van der Waals surface area contributed by atoms with E-state index in [2.05, 4.69) is 20.8 Å². The summed E-state index contributed by atoms with van der Waals surface area (Å²) in [6, 6.07) is 4.72. The minimum absolute atomic E-state index is 0.346. The molecule has 106 valence electrons. The fraction of sp³-hybridized carbons (Fsp3) is 0.600. The molecule has 2 rings (SSSR count). The Kier molecular flexibility index (Phi) is 4.64. The highest BCUT2D eigenvalue weighted by molar-refractivity contribution is 9.10. The molecule has 1 unspecified atom stereocenters. The molecule has 1 atom stereocenters. The summed E-state index contributed by atoms with van der Waals surface area (Å²) in [6.45, 7) is 5.92. The molecule has 0 amide bonds. The van der Waals surface area contributed by atoms with Gasteiger partial charge in [0, 0.05) is 15.6 Å². The van der Waals surface area contributed by atoms with Crippen LogP contribution in [0.1, 0.15) is 44.8 Å². The number of aliphatic hydroxyl groups is 1. The van der Waals surface area contributed by atoms with Gasteiger partial charge in [0.25, 0.3) is 0 Å². The lowest BCUT2D eigenvalue weighted by Crippen LogP contribution is -2.50. The van der Waals surface area contributed by atoms with Crippen molar-refractivity contribution in [3.63, 3.8) is 0 Å². The van der Waals surface area contributed by atoms with Crippen molar-refractivity contribution in [2.45, 2.75) is 44.8 Å². The summed E-state index contributed by atoms with van der Waals surface area (Å²) < 4.78 is 14.7.